The van der Waals surface area contributed by atoms with Crippen LogP contribution in [0.2, 0.25) is 0 Å². The van der Waals surface area contributed by atoms with E-state index in [9.17, 15) is 24.3 Å². The second-order valence-corrected chi connectivity index (χ2v) is 8.49. The summed E-state index contributed by atoms with van der Waals surface area (Å²) in [5, 5.41) is 16.9. The lowest BCUT2D eigenvalue weighted by Gasteiger charge is -2.56. The van der Waals surface area contributed by atoms with Crippen molar-refractivity contribution in [2.45, 2.75) is 23.6 Å². The molecule has 154 valence electrons. The second kappa shape index (κ2) is 6.88. The van der Waals surface area contributed by atoms with Crippen LogP contribution in [0, 0.1) is 5.92 Å². The average molecular weight is 441 g/mol. The van der Waals surface area contributed by atoms with Crippen molar-refractivity contribution >= 4 is 57.7 Å². The Balaban J connectivity index is 1.56. The molecule has 0 saturated carbocycles. The number of nitrogens with zero attached hydrogens (tertiary/aromatic N) is 3. The van der Waals surface area contributed by atoms with Gasteiger partial charge in [-0.15, -0.1) is 23.1 Å². The summed E-state index contributed by atoms with van der Waals surface area (Å²) in [5.41, 5.74) is 3.56. The SMILES string of the molecule is CO/N=C(\C(=O)N[C@@H]1C(=O)N2[C@@H]1SC[C@H]1CC(=O)O[C@]12C(=O)O)c1csc(N)n1. The Morgan fingerprint density at radius 3 is 2.90 bits per heavy atom. The van der Waals surface area contributed by atoms with Crippen LogP contribution in [0.25, 0.3) is 0 Å². The van der Waals surface area contributed by atoms with Gasteiger partial charge >= 0.3 is 11.9 Å². The molecule has 0 spiro atoms. The number of carbonyl (C=O) groups is 4. The number of thioether (sulfide) groups is 1. The van der Waals surface area contributed by atoms with Gasteiger partial charge in [0.15, 0.2) is 10.8 Å². The van der Waals surface area contributed by atoms with Crippen molar-refractivity contribution < 1.29 is 33.9 Å². The van der Waals surface area contributed by atoms with Crippen molar-refractivity contribution in [1.29, 1.82) is 0 Å². The van der Waals surface area contributed by atoms with Gasteiger partial charge in [-0.05, 0) is 0 Å². The summed E-state index contributed by atoms with van der Waals surface area (Å²) >= 11 is 2.38. The first kappa shape index (κ1) is 19.4. The van der Waals surface area contributed by atoms with Crippen LogP contribution in [0.1, 0.15) is 12.1 Å². The third kappa shape index (κ3) is 2.81. The fourth-order valence-electron chi connectivity index (χ4n) is 3.61. The molecule has 4 heterocycles. The fraction of sp³-hybridized carbons (Fsp3) is 0.467. The molecule has 29 heavy (non-hydrogen) atoms. The minimum atomic E-state index is -2.03. The molecule has 3 aliphatic heterocycles. The average Bonchev–Trinajstić information content (AvgIpc) is 3.25. The number of nitrogen functional groups attached to an aromatic ring is 1. The highest BCUT2D eigenvalue weighted by Crippen LogP contribution is 2.51. The van der Waals surface area contributed by atoms with Gasteiger partial charge < -0.3 is 25.7 Å². The molecule has 14 heteroatoms. The predicted molar refractivity (Wildman–Crippen MR) is 99.7 cm³/mol. The Morgan fingerprint density at radius 1 is 1.52 bits per heavy atom. The summed E-state index contributed by atoms with van der Waals surface area (Å²) in [5.74, 6) is -3.83. The summed E-state index contributed by atoms with van der Waals surface area (Å²) in [4.78, 5) is 58.8. The van der Waals surface area contributed by atoms with E-state index < -0.39 is 46.8 Å². The van der Waals surface area contributed by atoms with Crippen LogP contribution < -0.4 is 11.1 Å². The van der Waals surface area contributed by atoms with Crippen molar-refractivity contribution in [3.63, 3.8) is 0 Å². The van der Waals surface area contributed by atoms with E-state index in [4.69, 9.17) is 10.5 Å². The van der Waals surface area contributed by atoms with Crippen LogP contribution in [0.3, 0.4) is 0 Å². The van der Waals surface area contributed by atoms with E-state index in [1.165, 1.54) is 24.3 Å². The van der Waals surface area contributed by atoms with Crippen LogP contribution in [-0.2, 0) is 28.8 Å². The number of thiazole rings is 1. The number of fused-ring (bicyclic) bond motifs is 3. The zero-order valence-corrected chi connectivity index (χ0v) is 16.5. The molecule has 0 aliphatic carbocycles. The minimum absolute atomic E-state index is 0.0806. The number of amides is 2. The van der Waals surface area contributed by atoms with Crippen molar-refractivity contribution in [2.75, 3.05) is 18.6 Å². The van der Waals surface area contributed by atoms with Gasteiger partial charge in [0.05, 0.1) is 6.42 Å². The highest BCUT2D eigenvalue weighted by atomic mass is 32.2. The Labute approximate surface area is 171 Å². The van der Waals surface area contributed by atoms with Gasteiger partial charge in [-0.1, -0.05) is 5.16 Å². The van der Waals surface area contributed by atoms with E-state index in [0.717, 1.165) is 16.2 Å². The maximum atomic E-state index is 12.8. The lowest BCUT2D eigenvalue weighted by Crippen LogP contribution is -2.80. The monoisotopic (exact) mass is 441 g/mol. The van der Waals surface area contributed by atoms with E-state index in [1.54, 1.807) is 0 Å². The molecule has 1 aromatic heterocycles. The van der Waals surface area contributed by atoms with E-state index >= 15 is 0 Å². The first-order valence-corrected chi connectivity index (χ1v) is 10.3. The Hall–Kier alpha value is -2.87. The predicted octanol–water partition coefficient (Wildman–Crippen LogP) is -1.18. The van der Waals surface area contributed by atoms with Crippen LogP contribution in [0.5, 0.6) is 0 Å². The number of rotatable bonds is 5. The van der Waals surface area contributed by atoms with Crippen molar-refractivity contribution in [3.05, 3.63) is 11.1 Å². The number of anilines is 1. The van der Waals surface area contributed by atoms with Crippen LogP contribution in [0.4, 0.5) is 5.13 Å². The standard InChI is InChI=1S/C15H15N5O7S2/c1-26-19-8(6-4-29-14(16)17-6)10(22)18-9-11(23)20-12(9)28-3-5-2-7(21)27-15(5,20)13(24)25/h4-5,9,12H,2-3H2,1H3,(H2,16,17)(H,18,22)(H,24,25)/b19-8-/t5-,9-,12-,15+/m1/s1. The smallest absolute Gasteiger partial charge is 0.370 e. The van der Waals surface area contributed by atoms with Crippen LogP contribution in [-0.4, -0.2) is 74.5 Å². The number of aromatic nitrogens is 1. The second-order valence-electron chi connectivity index (χ2n) is 6.45. The third-order valence-electron chi connectivity index (χ3n) is 4.86. The van der Waals surface area contributed by atoms with Crippen LogP contribution in [0.15, 0.2) is 10.5 Å². The largest absolute Gasteiger partial charge is 0.477 e. The topological polar surface area (TPSA) is 174 Å². The van der Waals surface area contributed by atoms with Gasteiger partial charge in [-0.3, -0.25) is 19.3 Å². The molecule has 4 N–H and O–H groups in total. The molecular weight excluding hydrogens is 426 g/mol. The number of ether oxygens (including phenoxy) is 1. The van der Waals surface area contributed by atoms with Gasteiger partial charge in [-0.25, -0.2) is 9.78 Å². The van der Waals surface area contributed by atoms with E-state index in [2.05, 4.69) is 20.3 Å². The molecule has 4 atom stereocenters. The molecule has 3 fully saturated rings. The number of hydrogen-bond donors (Lipinski definition) is 3. The molecule has 4 rings (SSSR count). The number of nitrogens with two attached hydrogens (primary N) is 1. The quantitative estimate of drug-likeness (QED) is 0.218. The Morgan fingerprint density at radius 2 is 2.28 bits per heavy atom. The molecule has 1 aromatic rings. The number of oxime groups is 1. The summed E-state index contributed by atoms with van der Waals surface area (Å²) in [6, 6.07) is -1.01. The molecule has 0 unspecified atom stereocenters. The molecule has 2 amide bonds. The molecule has 0 bridgehead atoms. The summed E-state index contributed by atoms with van der Waals surface area (Å²) in [6.45, 7) is 0. The molecule has 3 aliphatic rings. The molecular formula is C15H15N5O7S2. The Bertz CT molecular complexity index is 949. The number of carboxylic acids is 1. The maximum absolute atomic E-state index is 12.8. The minimum Gasteiger partial charge on any atom is -0.477 e. The number of nitrogens with one attached hydrogen (secondary N) is 1. The van der Waals surface area contributed by atoms with Gasteiger partial charge in [0, 0.05) is 17.1 Å². The van der Waals surface area contributed by atoms with E-state index in [0.29, 0.717) is 5.75 Å². The van der Waals surface area contributed by atoms with Gasteiger partial charge in [0.1, 0.15) is 24.2 Å². The lowest BCUT2D eigenvalue weighted by atomic mass is 9.89. The van der Waals surface area contributed by atoms with Crippen LogP contribution >= 0.6 is 23.1 Å². The number of β-lactam (4-membered cyclic amide) rings is 1. The van der Waals surface area contributed by atoms with Gasteiger partial charge in [-0.2, -0.15) is 0 Å². The molecule has 3 saturated heterocycles. The molecule has 0 radical (unpaired) electrons. The molecule has 12 nitrogen and oxygen atoms in total. The summed E-state index contributed by atoms with van der Waals surface area (Å²) in [7, 11) is 1.25. The third-order valence-corrected chi connectivity index (χ3v) is 6.95. The zero-order chi connectivity index (χ0) is 20.9. The first-order chi connectivity index (χ1) is 13.8. The normalized spacial score (nSPS) is 30.7. The van der Waals surface area contributed by atoms with Gasteiger partial charge in [0.25, 0.3) is 17.5 Å². The number of esters is 1. The number of aliphatic carboxylic acids is 1. The highest BCUT2D eigenvalue weighted by molar-refractivity contribution is 8.00. The number of carbonyl (C=O) groups excluding carboxylic acids is 3. The summed E-state index contributed by atoms with van der Waals surface area (Å²) < 4.78 is 5.10. The fourth-order valence-corrected chi connectivity index (χ4v) is 5.72. The maximum Gasteiger partial charge on any atom is 0.370 e. The first-order valence-electron chi connectivity index (χ1n) is 8.33. The summed E-state index contributed by atoms with van der Waals surface area (Å²) in [6.07, 6.45) is -0.0806. The Kier molecular flexibility index (Phi) is 4.61. The molecule has 0 aromatic carbocycles. The highest BCUT2D eigenvalue weighted by Gasteiger charge is 2.71. The van der Waals surface area contributed by atoms with Crippen molar-refractivity contribution in [3.8, 4) is 0 Å². The zero-order valence-electron chi connectivity index (χ0n) is 14.9. The number of carboxylic acid groups (broad SMARTS) is 1. The van der Waals surface area contributed by atoms with Crippen molar-refractivity contribution in [2.24, 2.45) is 11.1 Å². The lowest BCUT2D eigenvalue weighted by molar-refractivity contribution is -0.215. The van der Waals surface area contributed by atoms with Gasteiger partial charge in [0.2, 0.25) is 0 Å². The number of hydrogen-bond acceptors (Lipinski definition) is 11. The van der Waals surface area contributed by atoms with E-state index in [-0.39, 0.29) is 23.0 Å². The van der Waals surface area contributed by atoms with E-state index in [1.807, 2.05) is 0 Å². The van der Waals surface area contributed by atoms with Crippen molar-refractivity contribution in [1.82, 2.24) is 15.2 Å².